The Morgan fingerprint density at radius 3 is 2.62 bits per heavy atom. The molecule has 0 spiro atoms. The van der Waals surface area contributed by atoms with Gasteiger partial charge in [0, 0.05) is 19.6 Å². The lowest BCUT2D eigenvalue weighted by Gasteiger charge is -2.30. The van der Waals surface area contributed by atoms with E-state index in [1.165, 1.54) is 19.3 Å². The van der Waals surface area contributed by atoms with Crippen molar-refractivity contribution in [3.05, 3.63) is 0 Å². The van der Waals surface area contributed by atoms with Gasteiger partial charge in [-0.2, -0.15) is 0 Å². The molecule has 0 aromatic rings. The molecule has 2 aliphatic heterocycles. The molecule has 4 heteroatoms. The third-order valence-electron chi connectivity index (χ3n) is 5.10. The fraction of sp³-hybridized carbons (Fsp3) is 0.941. The first-order valence-electron chi connectivity index (χ1n) is 8.67. The molecule has 2 aliphatic rings. The van der Waals surface area contributed by atoms with Crippen LogP contribution in [0.2, 0.25) is 0 Å². The zero-order valence-electron chi connectivity index (χ0n) is 14.2. The van der Waals surface area contributed by atoms with Crippen molar-refractivity contribution in [2.24, 2.45) is 11.3 Å². The normalized spacial score (nSPS) is 26.2. The van der Waals surface area contributed by atoms with Crippen LogP contribution in [-0.2, 0) is 4.79 Å². The smallest absolute Gasteiger partial charge is 0.236 e. The fourth-order valence-electron chi connectivity index (χ4n) is 3.57. The van der Waals surface area contributed by atoms with Crippen LogP contribution in [0.3, 0.4) is 0 Å². The lowest BCUT2D eigenvalue weighted by molar-refractivity contribution is -0.132. The fourth-order valence-corrected chi connectivity index (χ4v) is 3.57. The number of nitrogens with zero attached hydrogens (tertiary/aromatic N) is 2. The molecule has 0 aromatic heterocycles. The van der Waals surface area contributed by atoms with Gasteiger partial charge in [-0.05, 0) is 56.7 Å². The minimum atomic E-state index is 0.327. The maximum Gasteiger partial charge on any atom is 0.236 e. The van der Waals surface area contributed by atoms with E-state index in [2.05, 4.69) is 31.0 Å². The van der Waals surface area contributed by atoms with Crippen molar-refractivity contribution in [1.29, 1.82) is 0 Å². The summed E-state index contributed by atoms with van der Waals surface area (Å²) in [6.45, 7) is 13.6. The van der Waals surface area contributed by atoms with Gasteiger partial charge in [-0.1, -0.05) is 20.8 Å². The highest BCUT2D eigenvalue weighted by Crippen LogP contribution is 2.34. The first-order valence-corrected chi connectivity index (χ1v) is 8.67. The maximum absolute atomic E-state index is 12.5. The first-order chi connectivity index (χ1) is 9.97. The van der Waals surface area contributed by atoms with Crippen LogP contribution in [0.25, 0.3) is 0 Å². The van der Waals surface area contributed by atoms with Crippen molar-refractivity contribution in [2.75, 3.05) is 45.8 Å². The third kappa shape index (κ3) is 5.26. The van der Waals surface area contributed by atoms with E-state index in [-0.39, 0.29) is 0 Å². The second-order valence-electron chi connectivity index (χ2n) is 7.75. The molecule has 2 rings (SSSR count). The van der Waals surface area contributed by atoms with E-state index in [0.717, 1.165) is 51.6 Å². The van der Waals surface area contributed by atoms with Crippen molar-refractivity contribution >= 4 is 5.91 Å². The predicted octanol–water partition coefficient (Wildman–Crippen LogP) is 1.96. The molecule has 2 saturated heterocycles. The Hall–Kier alpha value is -0.610. The van der Waals surface area contributed by atoms with Gasteiger partial charge >= 0.3 is 0 Å². The standard InChI is InChI=1S/C17H33N3O/c1-17(2,3)15-6-4-10-19(12-7-15)14-16(21)20-11-5-8-18-9-13-20/h15,18H,4-14H2,1-3H3. The molecule has 0 bridgehead atoms. The number of rotatable bonds is 2. The number of hydrogen-bond acceptors (Lipinski definition) is 3. The van der Waals surface area contributed by atoms with Crippen LogP contribution >= 0.6 is 0 Å². The molecule has 0 saturated carbocycles. The molecule has 0 aromatic carbocycles. The van der Waals surface area contributed by atoms with Crippen LogP contribution in [0.15, 0.2) is 0 Å². The monoisotopic (exact) mass is 295 g/mol. The third-order valence-corrected chi connectivity index (χ3v) is 5.10. The van der Waals surface area contributed by atoms with Gasteiger partial charge in [0.25, 0.3) is 0 Å². The molecule has 0 radical (unpaired) electrons. The summed E-state index contributed by atoms with van der Waals surface area (Å²) >= 11 is 0. The quantitative estimate of drug-likeness (QED) is 0.846. The maximum atomic E-state index is 12.5. The second-order valence-corrected chi connectivity index (χ2v) is 7.75. The van der Waals surface area contributed by atoms with Crippen molar-refractivity contribution in [3.63, 3.8) is 0 Å². The number of carbonyl (C=O) groups is 1. The Bertz CT molecular complexity index is 329. The molecule has 0 aliphatic carbocycles. The summed E-state index contributed by atoms with van der Waals surface area (Å²) < 4.78 is 0. The van der Waals surface area contributed by atoms with Crippen LogP contribution in [0.1, 0.15) is 46.5 Å². The minimum Gasteiger partial charge on any atom is -0.340 e. The Morgan fingerprint density at radius 1 is 1.05 bits per heavy atom. The average molecular weight is 295 g/mol. The molecule has 2 heterocycles. The van der Waals surface area contributed by atoms with Crippen LogP contribution in [0, 0.1) is 11.3 Å². The van der Waals surface area contributed by atoms with E-state index in [0.29, 0.717) is 17.9 Å². The molecule has 1 N–H and O–H groups in total. The van der Waals surface area contributed by atoms with Gasteiger partial charge < -0.3 is 10.2 Å². The van der Waals surface area contributed by atoms with Gasteiger partial charge in [0.2, 0.25) is 5.91 Å². The molecule has 122 valence electrons. The second kappa shape index (κ2) is 7.59. The van der Waals surface area contributed by atoms with Crippen molar-refractivity contribution in [1.82, 2.24) is 15.1 Å². The van der Waals surface area contributed by atoms with E-state index in [1.54, 1.807) is 0 Å². The number of nitrogens with one attached hydrogen (secondary N) is 1. The highest BCUT2D eigenvalue weighted by atomic mass is 16.2. The highest BCUT2D eigenvalue weighted by Gasteiger charge is 2.28. The van der Waals surface area contributed by atoms with Crippen molar-refractivity contribution < 1.29 is 4.79 Å². The SMILES string of the molecule is CC(C)(C)C1CCCN(CC(=O)N2CCCNCC2)CC1. The molecular weight excluding hydrogens is 262 g/mol. The van der Waals surface area contributed by atoms with Gasteiger partial charge in [0.05, 0.1) is 6.54 Å². The summed E-state index contributed by atoms with van der Waals surface area (Å²) in [6.07, 6.45) is 4.86. The Morgan fingerprint density at radius 2 is 1.86 bits per heavy atom. The van der Waals surface area contributed by atoms with E-state index >= 15 is 0 Å². The lowest BCUT2D eigenvalue weighted by atomic mass is 9.77. The summed E-state index contributed by atoms with van der Waals surface area (Å²) in [5.41, 5.74) is 0.399. The number of amides is 1. The Labute approximate surface area is 130 Å². The van der Waals surface area contributed by atoms with Crippen LogP contribution in [-0.4, -0.2) is 61.5 Å². The largest absolute Gasteiger partial charge is 0.340 e. The van der Waals surface area contributed by atoms with E-state index in [4.69, 9.17) is 0 Å². The molecule has 21 heavy (non-hydrogen) atoms. The zero-order valence-corrected chi connectivity index (χ0v) is 14.2. The van der Waals surface area contributed by atoms with Gasteiger partial charge in [-0.25, -0.2) is 0 Å². The number of likely N-dealkylation sites (tertiary alicyclic amines) is 1. The molecule has 1 unspecified atom stereocenters. The topological polar surface area (TPSA) is 35.6 Å². The van der Waals surface area contributed by atoms with Gasteiger partial charge in [0.15, 0.2) is 0 Å². The summed E-state index contributed by atoms with van der Waals surface area (Å²) in [6, 6.07) is 0. The summed E-state index contributed by atoms with van der Waals surface area (Å²) in [5.74, 6) is 1.12. The molecule has 2 fully saturated rings. The Kier molecular flexibility index (Phi) is 6.06. The predicted molar refractivity (Wildman–Crippen MR) is 87.3 cm³/mol. The summed E-state index contributed by atoms with van der Waals surface area (Å²) in [5, 5.41) is 3.36. The summed E-state index contributed by atoms with van der Waals surface area (Å²) in [7, 11) is 0. The van der Waals surface area contributed by atoms with Crippen molar-refractivity contribution in [2.45, 2.75) is 46.5 Å². The average Bonchev–Trinajstić information content (AvgIpc) is 2.79. The number of carbonyl (C=O) groups excluding carboxylic acids is 1. The zero-order chi connectivity index (χ0) is 15.3. The highest BCUT2D eigenvalue weighted by molar-refractivity contribution is 5.78. The van der Waals surface area contributed by atoms with Gasteiger partial charge in [0.1, 0.15) is 0 Å². The van der Waals surface area contributed by atoms with Crippen LogP contribution in [0.5, 0.6) is 0 Å². The van der Waals surface area contributed by atoms with E-state index < -0.39 is 0 Å². The van der Waals surface area contributed by atoms with E-state index in [1.807, 2.05) is 4.90 Å². The first kappa shape index (κ1) is 16.8. The minimum absolute atomic E-state index is 0.327. The lowest BCUT2D eigenvalue weighted by Crippen LogP contribution is -2.42. The molecule has 4 nitrogen and oxygen atoms in total. The summed E-state index contributed by atoms with van der Waals surface area (Å²) in [4.78, 5) is 16.9. The number of hydrogen-bond donors (Lipinski definition) is 1. The molecule has 1 atom stereocenters. The van der Waals surface area contributed by atoms with Crippen LogP contribution < -0.4 is 5.32 Å². The van der Waals surface area contributed by atoms with E-state index in [9.17, 15) is 4.79 Å². The molecule has 1 amide bonds. The van der Waals surface area contributed by atoms with Gasteiger partial charge in [-0.15, -0.1) is 0 Å². The van der Waals surface area contributed by atoms with Crippen LogP contribution in [0.4, 0.5) is 0 Å². The van der Waals surface area contributed by atoms with Gasteiger partial charge in [-0.3, -0.25) is 9.69 Å². The molecular formula is C17H33N3O. The van der Waals surface area contributed by atoms with Crippen molar-refractivity contribution in [3.8, 4) is 0 Å². The Balaban J connectivity index is 1.81.